The molecule has 0 atom stereocenters. The quantitative estimate of drug-likeness (QED) is 0.672. The van der Waals surface area contributed by atoms with Gasteiger partial charge in [0.25, 0.3) is 0 Å². The molecular weight excluding hydrogens is 271 g/mol. The Morgan fingerprint density at radius 3 is 2.44 bits per heavy atom. The Kier molecular flexibility index (Phi) is 2.65. The van der Waals surface area contributed by atoms with Gasteiger partial charge in [0.05, 0.1) is 0 Å². The van der Waals surface area contributed by atoms with E-state index < -0.39 is 0 Å². The lowest BCUT2D eigenvalue weighted by Gasteiger charge is -1.97. The first-order valence-corrected chi connectivity index (χ1v) is 6.00. The van der Waals surface area contributed by atoms with E-state index in [1.165, 1.54) is 0 Å². The van der Waals surface area contributed by atoms with Gasteiger partial charge in [-0.05, 0) is 36.4 Å². The number of hydrogen-bond acceptors (Lipinski definition) is 3. The van der Waals surface area contributed by atoms with Crippen molar-refractivity contribution in [2.24, 2.45) is 0 Å². The van der Waals surface area contributed by atoms with E-state index in [1.807, 2.05) is 0 Å². The predicted octanol–water partition coefficient (Wildman–Crippen LogP) is 4.38. The summed E-state index contributed by atoms with van der Waals surface area (Å²) in [6, 6.07) is 10.5. The molecule has 3 nitrogen and oxygen atoms in total. The summed E-state index contributed by atoms with van der Waals surface area (Å²) in [5.41, 5.74) is 8.46. The fourth-order valence-corrected chi connectivity index (χ4v) is 2.27. The van der Waals surface area contributed by atoms with Crippen molar-refractivity contribution >= 4 is 40.0 Å². The molecule has 0 bridgehead atoms. The summed E-state index contributed by atoms with van der Waals surface area (Å²) >= 11 is 11.9. The van der Waals surface area contributed by atoms with Gasteiger partial charge in [0.15, 0.2) is 5.58 Å². The molecule has 0 amide bonds. The number of oxazole rings is 1. The Morgan fingerprint density at radius 2 is 1.72 bits per heavy atom. The zero-order valence-corrected chi connectivity index (χ0v) is 10.7. The van der Waals surface area contributed by atoms with Crippen molar-refractivity contribution in [2.75, 3.05) is 5.73 Å². The minimum Gasteiger partial charge on any atom is -0.436 e. The highest BCUT2D eigenvalue weighted by Crippen LogP contribution is 2.29. The van der Waals surface area contributed by atoms with Crippen LogP contribution in [0.15, 0.2) is 40.8 Å². The van der Waals surface area contributed by atoms with Gasteiger partial charge in [-0.3, -0.25) is 0 Å². The molecule has 3 rings (SSSR count). The summed E-state index contributed by atoms with van der Waals surface area (Å²) in [6.07, 6.45) is 0. The maximum Gasteiger partial charge on any atom is 0.227 e. The largest absolute Gasteiger partial charge is 0.436 e. The van der Waals surface area contributed by atoms with Crippen molar-refractivity contribution in [2.45, 2.75) is 0 Å². The van der Waals surface area contributed by atoms with E-state index in [9.17, 15) is 0 Å². The zero-order valence-electron chi connectivity index (χ0n) is 9.15. The van der Waals surface area contributed by atoms with Crippen molar-refractivity contribution in [1.29, 1.82) is 0 Å². The molecule has 0 saturated heterocycles. The molecule has 5 heteroatoms. The number of nitrogens with two attached hydrogens (primary N) is 1. The molecule has 3 aromatic rings. The third-order valence-electron chi connectivity index (χ3n) is 2.52. The van der Waals surface area contributed by atoms with E-state index in [-0.39, 0.29) is 0 Å². The van der Waals surface area contributed by atoms with Gasteiger partial charge in [-0.25, -0.2) is 4.98 Å². The van der Waals surface area contributed by atoms with Crippen LogP contribution in [0.3, 0.4) is 0 Å². The average molecular weight is 279 g/mol. The summed E-state index contributed by atoms with van der Waals surface area (Å²) in [6.45, 7) is 0. The maximum absolute atomic E-state index is 5.95. The van der Waals surface area contributed by atoms with Crippen LogP contribution in [0.2, 0.25) is 10.0 Å². The highest BCUT2D eigenvalue weighted by atomic mass is 35.5. The van der Waals surface area contributed by atoms with Gasteiger partial charge < -0.3 is 10.2 Å². The molecule has 1 heterocycles. The molecule has 0 saturated carbocycles. The zero-order chi connectivity index (χ0) is 12.7. The fraction of sp³-hybridized carbons (Fsp3) is 0. The van der Waals surface area contributed by atoms with E-state index >= 15 is 0 Å². The molecule has 0 aliphatic rings. The van der Waals surface area contributed by atoms with Crippen molar-refractivity contribution in [3.63, 3.8) is 0 Å². The van der Waals surface area contributed by atoms with Crippen LogP contribution in [0, 0.1) is 0 Å². The van der Waals surface area contributed by atoms with E-state index in [2.05, 4.69) is 4.98 Å². The number of rotatable bonds is 1. The molecule has 2 N–H and O–H groups in total. The number of fused-ring (bicyclic) bond motifs is 1. The lowest BCUT2D eigenvalue weighted by atomic mass is 10.2. The molecule has 0 unspecified atom stereocenters. The lowest BCUT2D eigenvalue weighted by molar-refractivity contribution is 0.620. The van der Waals surface area contributed by atoms with Crippen molar-refractivity contribution in [1.82, 2.24) is 4.98 Å². The lowest BCUT2D eigenvalue weighted by Crippen LogP contribution is -1.82. The number of halogens is 2. The minimum atomic E-state index is 0.472. The van der Waals surface area contributed by atoms with E-state index in [0.29, 0.717) is 32.7 Å². The van der Waals surface area contributed by atoms with Gasteiger partial charge in [-0.2, -0.15) is 0 Å². The molecule has 0 aliphatic heterocycles. The molecule has 1 aromatic heterocycles. The number of hydrogen-bond donors (Lipinski definition) is 1. The second kappa shape index (κ2) is 4.19. The highest BCUT2D eigenvalue weighted by Gasteiger charge is 2.09. The molecule has 0 radical (unpaired) electrons. The first-order chi connectivity index (χ1) is 8.61. The summed E-state index contributed by atoms with van der Waals surface area (Å²) in [5.74, 6) is 0.472. The van der Waals surface area contributed by atoms with Crippen LogP contribution in [0.25, 0.3) is 22.6 Å². The number of nitrogens with zero attached hydrogens (tertiary/aromatic N) is 1. The van der Waals surface area contributed by atoms with E-state index in [0.717, 1.165) is 5.56 Å². The van der Waals surface area contributed by atoms with Gasteiger partial charge in [-0.15, -0.1) is 0 Å². The van der Waals surface area contributed by atoms with Crippen LogP contribution in [0.4, 0.5) is 5.69 Å². The monoisotopic (exact) mass is 278 g/mol. The van der Waals surface area contributed by atoms with Gasteiger partial charge in [0.1, 0.15) is 5.52 Å². The molecule has 0 spiro atoms. The van der Waals surface area contributed by atoms with Gasteiger partial charge in [0.2, 0.25) is 5.89 Å². The Labute approximate surface area is 113 Å². The van der Waals surface area contributed by atoms with Crippen LogP contribution in [0.5, 0.6) is 0 Å². The van der Waals surface area contributed by atoms with Crippen molar-refractivity contribution in [3.8, 4) is 11.5 Å². The van der Waals surface area contributed by atoms with Crippen molar-refractivity contribution in [3.05, 3.63) is 46.4 Å². The number of benzene rings is 2. The second-order valence-corrected chi connectivity index (χ2v) is 4.78. The average Bonchev–Trinajstić information content (AvgIpc) is 2.70. The summed E-state index contributed by atoms with van der Waals surface area (Å²) < 4.78 is 5.64. The van der Waals surface area contributed by atoms with E-state index in [1.54, 1.807) is 36.4 Å². The Bertz CT molecular complexity index is 717. The van der Waals surface area contributed by atoms with Gasteiger partial charge >= 0.3 is 0 Å². The Balaban J connectivity index is 2.19. The highest BCUT2D eigenvalue weighted by molar-refractivity contribution is 6.35. The number of anilines is 1. The topological polar surface area (TPSA) is 52.0 Å². The van der Waals surface area contributed by atoms with E-state index in [4.69, 9.17) is 33.4 Å². The molecule has 90 valence electrons. The SMILES string of the molecule is Nc1ccc2oc(-c3cc(Cl)cc(Cl)c3)nc2c1. The fourth-order valence-electron chi connectivity index (χ4n) is 1.75. The third kappa shape index (κ3) is 2.03. The molecule has 2 aromatic carbocycles. The first-order valence-electron chi connectivity index (χ1n) is 5.24. The van der Waals surface area contributed by atoms with Crippen LogP contribution in [-0.4, -0.2) is 4.98 Å². The summed E-state index contributed by atoms with van der Waals surface area (Å²) in [4.78, 5) is 4.36. The molecular formula is C13H8Cl2N2O. The Morgan fingerprint density at radius 1 is 1.00 bits per heavy atom. The minimum absolute atomic E-state index is 0.472. The normalized spacial score (nSPS) is 11.0. The van der Waals surface area contributed by atoms with Crippen molar-refractivity contribution < 1.29 is 4.42 Å². The third-order valence-corrected chi connectivity index (χ3v) is 2.96. The number of aromatic nitrogens is 1. The molecule has 18 heavy (non-hydrogen) atoms. The smallest absolute Gasteiger partial charge is 0.227 e. The summed E-state index contributed by atoms with van der Waals surface area (Å²) in [5, 5.41) is 1.08. The van der Waals surface area contributed by atoms with Gasteiger partial charge in [0, 0.05) is 21.3 Å². The van der Waals surface area contributed by atoms with Crippen LogP contribution >= 0.6 is 23.2 Å². The molecule has 0 fully saturated rings. The Hall–Kier alpha value is -1.71. The summed E-state index contributed by atoms with van der Waals surface area (Å²) in [7, 11) is 0. The van der Waals surface area contributed by atoms with Crippen LogP contribution < -0.4 is 5.73 Å². The standard InChI is InChI=1S/C13H8Cl2N2O/c14-8-3-7(4-9(15)5-8)13-17-11-6-10(16)1-2-12(11)18-13/h1-6H,16H2. The van der Waals surface area contributed by atoms with Crippen LogP contribution in [-0.2, 0) is 0 Å². The molecule has 0 aliphatic carbocycles. The maximum atomic E-state index is 5.95. The van der Waals surface area contributed by atoms with Gasteiger partial charge in [-0.1, -0.05) is 23.2 Å². The number of nitrogen functional groups attached to an aromatic ring is 1. The second-order valence-electron chi connectivity index (χ2n) is 3.90. The first kappa shape index (κ1) is 11.4. The predicted molar refractivity (Wildman–Crippen MR) is 73.9 cm³/mol. The van der Waals surface area contributed by atoms with Crippen LogP contribution in [0.1, 0.15) is 0 Å².